The molecule has 1 fully saturated rings. The third kappa shape index (κ3) is 2.27. The zero-order valence-electron chi connectivity index (χ0n) is 9.63. The molecular formula is C12H14N2O3. The average molecular weight is 234 g/mol. The van der Waals surface area contributed by atoms with E-state index in [0.29, 0.717) is 23.6 Å². The molecule has 1 aromatic carbocycles. The van der Waals surface area contributed by atoms with Crippen molar-refractivity contribution >= 4 is 17.7 Å². The van der Waals surface area contributed by atoms with Gasteiger partial charge in [-0.15, -0.1) is 0 Å². The lowest BCUT2D eigenvalue weighted by molar-refractivity contribution is -0.384. The van der Waals surface area contributed by atoms with Crippen LogP contribution in [0.15, 0.2) is 18.2 Å². The maximum Gasteiger partial charge on any atom is 0.293 e. The number of nitro groups is 1. The first-order valence-electron chi connectivity index (χ1n) is 5.67. The van der Waals surface area contributed by atoms with Crippen molar-refractivity contribution in [3.63, 3.8) is 0 Å². The van der Waals surface area contributed by atoms with E-state index in [-0.39, 0.29) is 5.69 Å². The van der Waals surface area contributed by atoms with E-state index in [1.807, 2.05) is 11.8 Å². The first-order chi connectivity index (χ1) is 8.17. The summed E-state index contributed by atoms with van der Waals surface area (Å²) in [5.74, 6) is 0. The highest BCUT2D eigenvalue weighted by molar-refractivity contribution is 5.79. The first-order valence-corrected chi connectivity index (χ1v) is 5.67. The lowest BCUT2D eigenvalue weighted by Gasteiger charge is -2.22. The van der Waals surface area contributed by atoms with Gasteiger partial charge in [0.15, 0.2) is 0 Å². The van der Waals surface area contributed by atoms with Crippen LogP contribution in [-0.2, 0) is 0 Å². The molecule has 2 rings (SSSR count). The van der Waals surface area contributed by atoms with Crippen LogP contribution in [0.2, 0.25) is 0 Å². The van der Waals surface area contributed by atoms with Crippen molar-refractivity contribution in [3.8, 4) is 0 Å². The molecule has 0 N–H and O–H groups in total. The Morgan fingerprint density at radius 1 is 1.53 bits per heavy atom. The predicted molar refractivity (Wildman–Crippen MR) is 64.5 cm³/mol. The number of rotatable bonds is 5. The van der Waals surface area contributed by atoms with Crippen LogP contribution in [0, 0.1) is 10.1 Å². The zero-order valence-corrected chi connectivity index (χ0v) is 9.63. The molecule has 5 nitrogen and oxygen atoms in total. The summed E-state index contributed by atoms with van der Waals surface area (Å²) in [5, 5.41) is 11.0. The molecule has 1 saturated carbocycles. The lowest BCUT2D eigenvalue weighted by atomic mass is 10.1. The van der Waals surface area contributed by atoms with Gasteiger partial charge in [0, 0.05) is 24.2 Å². The minimum absolute atomic E-state index is 0.0170. The van der Waals surface area contributed by atoms with Gasteiger partial charge < -0.3 is 4.90 Å². The number of hydrogen-bond donors (Lipinski definition) is 0. The SMILES string of the molecule is CCN(c1ccc(C=O)cc1[N+](=O)[O-])C1CC1. The van der Waals surface area contributed by atoms with E-state index in [9.17, 15) is 14.9 Å². The Kier molecular flexibility index (Phi) is 3.08. The maximum atomic E-state index is 11.0. The lowest BCUT2D eigenvalue weighted by Crippen LogP contribution is -2.25. The first kappa shape index (κ1) is 11.6. The van der Waals surface area contributed by atoms with Crippen molar-refractivity contribution in [2.75, 3.05) is 11.4 Å². The Morgan fingerprint density at radius 2 is 2.24 bits per heavy atom. The predicted octanol–water partition coefficient (Wildman–Crippen LogP) is 2.40. The van der Waals surface area contributed by atoms with Crippen LogP contribution in [0.5, 0.6) is 0 Å². The number of aldehydes is 1. The maximum absolute atomic E-state index is 11.0. The quantitative estimate of drug-likeness (QED) is 0.446. The van der Waals surface area contributed by atoms with Crippen LogP contribution in [0.25, 0.3) is 0 Å². The van der Waals surface area contributed by atoms with Crippen molar-refractivity contribution in [1.29, 1.82) is 0 Å². The van der Waals surface area contributed by atoms with Gasteiger partial charge in [0.05, 0.1) is 4.92 Å². The number of nitro benzene ring substituents is 1. The number of nitrogens with zero attached hydrogens (tertiary/aromatic N) is 2. The summed E-state index contributed by atoms with van der Waals surface area (Å²) >= 11 is 0. The van der Waals surface area contributed by atoms with E-state index >= 15 is 0 Å². The van der Waals surface area contributed by atoms with Crippen LogP contribution < -0.4 is 4.90 Å². The van der Waals surface area contributed by atoms with Gasteiger partial charge in [-0.25, -0.2) is 0 Å². The Balaban J connectivity index is 2.43. The molecule has 1 aliphatic rings. The molecular weight excluding hydrogens is 220 g/mol. The highest BCUT2D eigenvalue weighted by atomic mass is 16.6. The molecule has 0 aliphatic heterocycles. The minimum Gasteiger partial charge on any atom is -0.363 e. The molecule has 0 atom stereocenters. The van der Waals surface area contributed by atoms with Crippen LogP contribution in [0.4, 0.5) is 11.4 Å². The molecule has 1 aromatic rings. The summed E-state index contributed by atoms with van der Waals surface area (Å²) in [6, 6.07) is 5.05. The van der Waals surface area contributed by atoms with E-state index in [0.717, 1.165) is 19.4 Å². The summed E-state index contributed by atoms with van der Waals surface area (Å²) in [5.41, 5.74) is 0.973. The molecule has 0 bridgehead atoms. The zero-order chi connectivity index (χ0) is 12.4. The molecule has 90 valence electrons. The third-order valence-corrected chi connectivity index (χ3v) is 2.97. The topological polar surface area (TPSA) is 63.5 Å². The Bertz CT molecular complexity index is 455. The van der Waals surface area contributed by atoms with Gasteiger partial charge in [-0.05, 0) is 31.9 Å². The van der Waals surface area contributed by atoms with Crippen molar-refractivity contribution in [1.82, 2.24) is 0 Å². The second kappa shape index (κ2) is 4.53. The van der Waals surface area contributed by atoms with Gasteiger partial charge in [0.25, 0.3) is 5.69 Å². The average Bonchev–Trinajstić information content (AvgIpc) is 3.14. The molecule has 5 heteroatoms. The fourth-order valence-electron chi connectivity index (χ4n) is 2.01. The number of anilines is 1. The smallest absolute Gasteiger partial charge is 0.293 e. The Hall–Kier alpha value is -1.91. The molecule has 0 amide bonds. The second-order valence-corrected chi connectivity index (χ2v) is 4.14. The van der Waals surface area contributed by atoms with E-state index in [4.69, 9.17) is 0 Å². The molecule has 0 unspecified atom stereocenters. The van der Waals surface area contributed by atoms with Crippen LogP contribution in [0.1, 0.15) is 30.1 Å². The van der Waals surface area contributed by atoms with Crippen LogP contribution >= 0.6 is 0 Å². The van der Waals surface area contributed by atoms with E-state index in [2.05, 4.69) is 0 Å². The fraction of sp³-hybridized carbons (Fsp3) is 0.417. The molecule has 17 heavy (non-hydrogen) atoms. The number of carbonyl (C=O) groups excluding carboxylic acids is 1. The van der Waals surface area contributed by atoms with Gasteiger partial charge in [-0.3, -0.25) is 14.9 Å². The van der Waals surface area contributed by atoms with Gasteiger partial charge in [0.1, 0.15) is 12.0 Å². The molecule has 0 spiro atoms. The van der Waals surface area contributed by atoms with Crippen LogP contribution in [0.3, 0.4) is 0 Å². The Morgan fingerprint density at radius 3 is 2.71 bits per heavy atom. The standard InChI is InChI=1S/C12H14N2O3/c1-2-13(10-4-5-10)11-6-3-9(8-15)7-12(11)14(16)17/h3,6-8,10H,2,4-5H2,1H3. The van der Waals surface area contributed by atoms with Crippen molar-refractivity contribution in [2.24, 2.45) is 0 Å². The highest BCUT2D eigenvalue weighted by Crippen LogP contribution is 2.36. The minimum atomic E-state index is -0.423. The van der Waals surface area contributed by atoms with Gasteiger partial charge >= 0.3 is 0 Å². The number of benzene rings is 1. The summed E-state index contributed by atoms with van der Waals surface area (Å²) in [7, 11) is 0. The van der Waals surface area contributed by atoms with E-state index in [1.54, 1.807) is 12.1 Å². The fourth-order valence-corrected chi connectivity index (χ4v) is 2.01. The van der Waals surface area contributed by atoms with Crippen molar-refractivity contribution in [2.45, 2.75) is 25.8 Å². The van der Waals surface area contributed by atoms with Crippen LogP contribution in [-0.4, -0.2) is 23.8 Å². The summed E-state index contributed by atoms with van der Waals surface area (Å²) in [6.45, 7) is 2.72. The number of carbonyl (C=O) groups is 1. The monoisotopic (exact) mass is 234 g/mol. The van der Waals surface area contributed by atoms with Crippen molar-refractivity contribution < 1.29 is 9.72 Å². The molecule has 0 aromatic heterocycles. The van der Waals surface area contributed by atoms with Gasteiger partial charge in [0.2, 0.25) is 0 Å². The molecule has 0 heterocycles. The normalized spacial score (nSPS) is 14.4. The summed E-state index contributed by atoms with van der Waals surface area (Å²) in [6.07, 6.45) is 2.80. The summed E-state index contributed by atoms with van der Waals surface area (Å²) in [4.78, 5) is 23.3. The third-order valence-electron chi connectivity index (χ3n) is 2.97. The highest BCUT2D eigenvalue weighted by Gasteiger charge is 2.31. The van der Waals surface area contributed by atoms with Gasteiger partial charge in [-0.1, -0.05) is 0 Å². The Labute approximate surface area is 99.2 Å². The molecule has 0 saturated heterocycles. The largest absolute Gasteiger partial charge is 0.363 e. The van der Waals surface area contributed by atoms with E-state index in [1.165, 1.54) is 6.07 Å². The van der Waals surface area contributed by atoms with E-state index < -0.39 is 4.92 Å². The molecule has 0 radical (unpaired) electrons. The summed E-state index contributed by atoms with van der Waals surface area (Å²) < 4.78 is 0. The van der Waals surface area contributed by atoms with Crippen molar-refractivity contribution in [3.05, 3.63) is 33.9 Å². The second-order valence-electron chi connectivity index (χ2n) is 4.14. The number of hydrogen-bond acceptors (Lipinski definition) is 4. The molecule has 1 aliphatic carbocycles. The van der Waals surface area contributed by atoms with Gasteiger partial charge in [-0.2, -0.15) is 0 Å².